The highest BCUT2D eigenvalue weighted by atomic mass is 32.1. The normalized spacial score (nSPS) is 11.8. The molecule has 0 spiro atoms. The summed E-state index contributed by atoms with van der Waals surface area (Å²) in [7, 11) is 0. The third-order valence-corrected chi connectivity index (χ3v) is 12.0. The Hall–Kier alpha value is -5.34. The Bertz CT molecular complexity index is 2780. The van der Waals surface area contributed by atoms with Crippen molar-refractivity contribution >= 4 is 84.6 Å². The predicted octanol–water partition coefficient (Wildman–Crippen LogP) is 11.9. The number of fused-ring (bicyclic) bond motifs is 7. The molecule has 0 N–H and O–H groups in total. The van der Waals surface area contributed by atoms with Gasteiger partial charge in [-0.3, -0.25) is 0 Å². The van der Waals surface area contributed by atoms with Crippen LogP contribution in [-0.4, -0.2) is 19.9 Å². The van der Waals surface area contributed by atoms with Crippen LogP contribution in [-0.2, 0) is 0 Å². The maximum absolute atomic E-state index is 5.23. The standard InChI is InChI=1S/C40H22N4S3/c1-2-10-23(11-3-1)37-42-38(44-39(43-37)29-15-8-13-26-25-12-4-6-17-31(25)46-36(26)29)28-14-9-19-33-35(28)27-21-20-24(22-34(27)45-33)40-41-30-16-5-7-18-32(30)47-40/h1-22H. The summed E-state index contributed by atoms with van der Waals surface area (Å²) in [5, 5.41) is 5.88. The molecule has 6 aromatic carbocycles. The molecule has 7 heteroatoms. The first-order valence-electron chi connectivity index (χ1n) is 15.3. The van der Waals surface area contributed by atoms with Crippen molar-refractivity contribution in [2.24, 2.45) is 0 Å². The van der Waals surface area contributed by atoms with Gasteiger partial charge in [-0.1, -0.05) is 97.1 Å². The van der Waals surface area contributed by atoms with E-state index in [0.29, 0.717) is 17.5 Å². The molecule has 0 unspecified atom stereocenters. The van der Waals surface area contributed by atoms with Crippen molar-refractivity contribution in [2.75, 3.05) is 0 Å². The van der Waals surface area contributed by atoms with E-state index in [0.717, 1.165) is 32.8 Å². The van der Waals surface area contributed by atoms with E-state index in [9.17, 15) is 0 Å². The van der Waals surface area contributed by atoms with Gasteiger partial charge in [-0.25, -0.2) is 19.9 Å². The second kappa shape index (κ2) is 10.6. The summed E-state index contributed by atoms with van der Waals surface area (Å²) in [6.45, 7) is 0. The Kier molecular flexibility index (Phi) is 6.05. The van der Waals surface area contributed by atoms with Crippen LogP contribution in [0.15, 0.2) is 133 Å². The molecule has 10 aromatic rings. The summed E-state index contributed by atoms with van der Waals surface area (Å²) < 4.78 is 6.07. The Labute approximate surface area is 281 Å². The van der Waals surface area contributed by atoms with E-state index in [-0.39, 0.29) is 0 Å². The summed E-state index contributed by atoms with van der Waals surface area (Å²) >= 11 is 5.32. The molecule has 10 rings (SSSR count). The highest BCUT2D eigenvalue weighted by molar-refractivity contribution is 7.26. The van der Waals surface area contributed by atoms with Crippen molar-refractivity contribution in [3.8, 4) is 44.7 Å². The minimum absolute atomic E-state index is 0.665. The SMILES string of the molecule is c1ccc(-c2nc(-c3cccc4c3sc3ccccc34)nc(-c3cccc4sc5cc(-c6nc7ccccc7s6)ccc5c34)n2)cc1. The lowest BCUT2D eigenvalue weighted by molar-refractivity contribution is 1.08. The number of nitrogens with zero attached hydrogens (tertiary/aromatic N) is 4. The summed E-state index contributed by atoms with van der Waals surface area (Å²) in [6, 6.07) is 46.7. The first-order chi connectivity index (χ1) is 23.3. The predicted molar refractivity (Wildman–Crippen MR) is 201 cm³/mol. The van der Waals surface area contributed by atoms with E-state index in [4.69, 9.17) is 19.9 Å². The molecule has 220 valence electrons. The van der Waals surface area contributed by atoms with Crippen LogP contribution in [0.5, 0.6) is 0 Å². The molecule has 0 radical (unpaired) electrons. The van der Waals surface area contributed by atoms with Gasteiger partial charge in [0.1, 0.15) is 5.01 Å². The van der Waals surface area contributed by atoms with Gasteiger partial charge < -0.3 is 0 Å². The minimum atomic E-state index is 0.665. The number of hydrogen-bond acceptors (Lipinski definition) is 7. The molecule has 0 saturated heterocycles. The second-order valence-corrected chi connectivity index (χ2v) is 14.6. The average Bonchev–Trinajstić information content (AvgIpc) is 3.84. The van der Waals surface area contributed by atoms with Crippen LogP contribution in [0.1, 0.15) is 0 Å². The van der Waals surface area contributed by atoms with Crippen LogP contribution in [0.3, 0.4) is 0 Å². The summed E-state index contributed by atoms with van der Waals surface area (Å²) in [6.07, 6.45) is 0. The molecule has 4 nitrogen and oxygen atoms in total. The summed E-state index contributed by atoms with van der Waals surface area (Å²) in [5.74, 6) is 2.02. The van der Waals surface area contributed by atoms with Crippen LogP contribution in [0.25, 0.3) is 95.3 Å². The molecule has 4 aromatic heterocycles. The maximum atomic E-state index is 5.23. The molecular formula is C40H22N4S3. The van der Waals surface area contributed by atoms with Gasteiger partial charge in [-0.15, -0.1) is 34.0 Å². The number of para-hydroxylation sites is 1. The van der Waals surface area contributed by atoms with E-state index in [1.807, 2.05) is 24.3 Å². The van der Waals surface area contributed by atoms with Crippen molar-refractivity contribution in [1.29, 1.82) is 0 Å². The highest BCUT2D eigenvalue weighted by Crippen LogP contribution is 2.43. The molecule has 0 fully saturated rings. The lowest BCUT2D eigenvalue weighted by atomic mass is 10.0. The fourth-order valence-corrected chi connectivity index (χ4v) is 9.74. The number of benzene rings is 6. The second-order valence-electron chi connectivity index (χ2n) is 11.4. The van der Waals surface area contributed by atoms with Gasteiger partial charge in [-0.05, 0) is 36.4 Å². The zero-order valence-electron chi connectivity index (χ0n) is 24.7. The first kappa shape index (κ1) is 26.8. The van der Waals surface area contributed by atoms with Crippen molar-refractivity contribution in [2.45, 2.75) is 0 Å². The molecule has 47 heavy (non-hydrogen) atoms. The smallest absolute Gasteiger partial charge is 0.165 e. The zero-order chi connectivity index (χ0) is 30.9. The average molecular weight is 655 g/mol. The molecular weight excluding hydrogens is 633 g/mol. The van der Waals surface area contributed by atoms with Crippen LogP contribution < -0.4 is 0 Å². The summed E-state index contributed by atoms with van der Waals surface area (Å²) in [5.41, 5.74) is 5.16. The van der Waals surface area contributed by atoms with Crippen molar-refractivity contribution in [1.82, 2.24) is 19.9 Å². The van der Waals surface area contributed by atoms with E-state index >= 15 is 0 Å². The maximum Gasteiger partial charge on any atom is 0.165 e. The quantitative estimate of drug-likeness (QED) is 0.189. The molecule has 0 bridgehead atoms. The van der Waals surface area contributed by atoms with E-state index < -0.39 is 0 Å². The lowest BCUT2D eigenvalue weighted by Crippen LogP contribution is -2.00. The molecule has 0 amide bonds. The van der Waals surface area contributed by atoms with Gasteiger partial charge in [0.05, 0.1) is 10.2 Å². The van der Waals surface area contributed by atoms with Crippen LogP contribution in [0.4, 0.5) is 0 Å². The molecule has 0 aliphatic rings. The zero-order valence-corrected chi connectivity index (χ0v) is 27.2. The fraction of sp³-hybridized carbons (Fsp3) is 0. The molecule has 0 aliphatic heterocycles. The third-order valence-electron chi connectivity index (χ3n) is 8.59. The van der Waals surface area contributed by atoms with E-state index in [1.54, 1.807) is 34.0 Å². The monoisotopic (exact) mass is 654 g/mol. The van der Waals surface area contributed by atoms with Crippen LogP contribution in [0, 0.1) is 0 Å². The summed E-state index contributed by atoms with van der Waals surface area (Å²) in [4.78, 5) is 20.4. The topological polar surface area (TPSA) is 51.6 Å². The Balaban J connectivity index is 1.19. The lowest BCUT2D eigenvalue weighted by Gasteiger charge is -2.10. The van der Waals surface area contributed by atoms with Gasteiger partial charge >= 0.3 is 0 Å². The number of rotatable bonds is 4. The fourth-order valence-electron chi connectivity index (χ4n) is 6.40. The molecule has 0 atom stereocenters. The van der Waals surface area contributed by atoms with Gasteiger partial charge in [0.25, 0.3) is 0 Å². The van der Waals surface area contributed by atoms with Crippen molar-refractivity contribution < 1.29 is 0 Å². The number of hydrogen-bond donors (Lipinski definition) is 0. The largest absolute Gasteiger partial charge is 0.236 e. The molecule has 4 heterocycles. The van der Waals surface area contributed by atoms with Crippen molar-refractivity contribution in [3.05, 3.63) is 133 Å². The van der Waals surface area contributed by atoms with E-state index in [1.165, 1.54) is 45.0 Å². The Morgan fingerprint density at radius 3 is 1.98 bits per heavy atom. The van der Waals surface area contributed by atoms with Crippen LogP contribution >= 0.6 is 34.0 Å². The van der Waals surface area contributed by atoms with Gasteiger partial charge in [0.15, 0.2) is 17.5 Å². The molecule has 0 aliphatic carbocycles. The van der Waals surface area contributed by atoms with Gasteiger partial charge in [0, 0.05) is 62.6 Å². The van der Waals surface area contributed by atoms with Gasteiger partial charge in [0.2, 0.25) is 0 Å². The third kappa shape index (κ3) is 4.39. The Morgan fingerprint density at radius 2 is 1.09 bits per heavy atom. The van der Waals surface area contributed by atoms with Crippen LogP contribution in [0.2, 0.25) is 0 Å². The number of aromatic nitrogens is 4. The highest BCUT2D eigenvalue weighted by Gasteiger charge is 2.19. The number of thiazole rings is 1. The number of thiophene rings is 2. The van der Waals surface area contributed by atoms with Crippen molar-refractivity contribution in [3.63, 3.8) is 0 Å². The first-order valence-corrected chi connectivity index (χ1v) is 17.8. The van der Waals surface area contributed by atoms with Gasteiger partial charge in [-0.2, -0.15) is 0 Å². The van der Waals surface area contributed by atoms with E-state index in [2.05, 4.69) is 109 Å². The minimum Gasteiger partial charge on any atom is -0.236 e. The Morgan fingerprint density at radius 1 is 0.383 bits per heavy atom. The molecule has 0 saturated carbocycles.